The van der Waals surface area contributed by atoms with E-state index in [4.69, 9.17) is 14.6 Å². The first-order valence-electron chi connectivity index (χ1n) is 6.26. The minimum Gasteiger partial charge on any atom is -0.493 e. The molecule has 1 aromatic rings. The molecule has 6 heteroatoms. The van der Waals surface area contributed by atoms with Crippen LogP contribution in [-0.4, -0.2) is 49.2 Å². The van der Waals surface area contributed by atoms with E-state index >= 15 is 0 Å². The van der Waals surface area contributed by atoms with Crippen LogP contribution in [0, 0.1) is 5.92 Å². The number of amides is 1. The smallest absolute Gasteiger partial charge is 0.310 e. The lowest BCUT2D eigenvalue weighted by molar-refractivity contribution is -0.152. The molecule has 1 heterocycles. The molecular weight excluding hydrogens is 262 g/mol. The fourth-order valence-corrected chi connectivity index (χ4v) is 2.12. The average Bonchev–Trinajstić information content (AvgIpc) is 2.36. The van der Waals surface area contributed by atoms with Crippen molar-refractivity contribution in [3.05, 3.63) is 23.8 Å². The van der Waals surface area contributed by atoms with Gasteiger partial charge in [0.15, 0.2) is 11.5 Å². The Morgan fingerprint density at radius 2 is 1.90 bits per heavy atom. The van der Waals surface area contributed by atoms with Gasteiger partial charge < -0.3 is 19.5 Å². The maximum atomic E-state index is 12.0. The van der Waals surface area contributed by atoms with Gasteiger partial charge in [-0.1, -0.05) is 6.07 Å². The molecule has 0 atom stereocenters. The highest BCUT2D eigenvalue weighted by Gasteiger charge is 2.35. The molecule has 1 fully saturated rings. The Balaban J connectivity index is 1.97. The summed E-state index contributed by atoms with van der Waals surface area (Å²) in [7, 11) is 3.09. The van der Waals surface area contributed by atoms with E-state index in [1.807, 2.05) is 0 Å². The number of likely N-dealkylation sites (tertiary alicyclic amines) is 1. The Kier molecular flexibility index (Phi) is 4.12. The van der Waals surface area contributed by atoms with Crippen molar-refractivity contribution < 1.29 is 24.2 Å². The summed E-state index contributed by atoms with van der Waals surface area (Å²) >= 11 is 0. The molecule has 108 valence electrons. The van der Waals surface area contributed by atoms with Crippen molar-refractivity contribution >= 4 is 11.9 Å². The Bertz CT molecular complexity index is 522. The predicted molar refractivity (Wildman–Crippen MR) is 71.0 cm³/mol. The second-order valence-corrected chi connectivity index (χ2v) is 4.70. The highest BCUT2D eigenvalue weighted by molar-refractivity contribution is 5.82. The summed E-state index contributed by atoms with van der Waals surface area (Å²) in [5.41, 5.74) is 0.812. The lowest BCUT2D eigenvalue weighted by Gasteiger charge is -2.36. The first-order chi connectivity index (χ1) is 9.55. The number of methoxy groups -OCH3 is 2. The van der Waals surface area contributed by atoms with E-state index in [9.17, 15) is 9.59 Å². The number of rotatable bonds is 5. The van der Waals surface area contributed by atoms with Gasteiger partial charge in [0.05, 0.1) is 26.6 Å². The number of carboxylic acids is 1. The zero-order chi connectivity index (χ0) is 14.7. The summed E-state index contributed by atoms with van der Waals surface area (Å²) < 4.78 is 10.3. The molecule has 0 aliphatic carbocycles. The number of carboxylic acid groups (broad SMARTS) is 1. The molecule has 1 saturated heterocycles. The second kappa shape index (κ2) is 5.81. The predicted octanol–water partition coefficient (Wildman–Crippen LogP) is 0.789. The van der Waals surface area contributed by atoms with Crippen LogP contribution in [0.3, 0.4) is 0 Å². The van der Waals surface area contributed by atoms with Crippen molar-refractivity contribution in [2.24, 2.45) is 5.92 Å². The van der Waals surface area contributed by atoms with Crippen LogP contribution in [0.1, 0.15) is 5.56 Å². The average molecular weight is 279 g/mol. The van der Waals surface area contributed by atoms with E-state index in [1.165, 1.54) is 7.11 Å². The molecule has 1 N–H and O–H groups in total. The zero-order valence-electron chi connectivity index (χ0n) is 11.5. The number of ether oxygens (including phenoxy) is 2. The summed E-state index contributed by atoms with van der Waals surface area (Å²) in [6, 6.07) is 5.30. The van der Waals surface area contributed by atoms with Gasteiger partial charge in [-0.2, -0.15) is 0 Å². The number of carbonyl (C=O) groups excluding carboxylic acids is 1. The minimum absolute atomic E-state index is 0.0743. The van der Waals surface area contributed by atoms with E-state index in [1.54, 1.807) is 30.2 Å². The highest BCUT2D eigenvalue weighted by Crippen LogP contribution is 2.28. The van der Waals surface area contributed by atoms with Crippen LogP contribution in [0.15, 0.2) is 18.2 Å². The Hall–Kier alpha value is -2.24. The third-order valence-electron chi connectivity index (χ3n) is 3.39. The standard InChI is InChI=1S/C14H17NO5/c1-19-11-4-3-9(5-12(11)20-2)6-13(16)15-7-10(8-15)14(17)18/h3-5,10H,6-8H2,1-2H3,(H,17,18). The van der Waals surface area contributed by atoms with E-state index in [0.29, 0.717) is 24.6 Å². The lowest BCUT2D eigenvalue weighted by atomic mass is 9.99. The Labute approximate surface area is 116 Å². The summed E-state index contributed by atoms with van der Waals surface area (Å²) in [6.45, 7) is 0.586. The molecule has 1 amide bonds. The first-order valence-corrected chi connectivity index (χ1v) is 6.26. The number of carbonyl (C=O) groups is 2. The number of hydrogen-bond acceptors (Lipinski definition) is 4. The van der Waals surface area contributed by atoms with Crippen LogP contribution >= 0.6 is 0 Å². The Morgan fingerprint density at radius 1 is 1.25 bits per heavy atom. The zero-order valence-corrected chi connectivity index (χ0v) is 11.5. The van der Waals surface area contributed by atoms with Crippen LogP contribution in [0.25, 0.3) is 0 Å². The van der Waals surface area contributed by atoms with Crippen LogP contribution < -0.4 is 9.47 Å². The number of aliphatic carboxylic acids is 1. The van der Waals surface area contributed by atoms with E-state index in [0.717, 1.165) is 5.56 Å². The van der Waals surface area contributed by atoms with Gasteiger partial charge in [-0.3, -0.25) is 9.59 Å². The highest BCUT2D eigenvalue weighted by atomic mass is 16.5. The molecule has 0 unspecified atom stereocenters. The topological polar surface area (TPSA) is 76.1 Å². The van der Waals surface area contributed by atoms with Gasteiger partial charge in [-0.15, -0.1) is 0 Å². The number of benzene rings is 1. The van der Waals surface area contributed by atoms with Gasteiger partial charge in [-0.05, 0) is 17.7 Å². The lowest BCUT2D eigenvalue weighted by Crippen LogP contribution is -2.53. The first kappa shape index (κ1) is 14.2. The normalized spacial score (nSPS) is 14.6. The van der Waals surface area contributed by atoms with Crippen molar-refractivity contribution in [2.45, 2.75) is 6.42 Å². The van der Waals surface area contributed by atoms with Gasteiger partial charge in [0.2, 0.25) is 5.91 Å². The summed E-state index contributed by atoms with van der Waals surface area (Å²) in [4.78, 5) is 24.2. The van der Waals surface area contributed by atoms with Crippen LogP contribution in [0.2, 0.25) is 0 Å². The third kappa shape index (κ3) is 2.84. The van der Waals surface area contributed by atoms with Crippen molar-refractivity contribution in [3.63, 3.8) is 0 Å². The molecule has 0 aromatic heterocycles. The monoisotopic (exact) mass is 279 g/mol. The summed E-state index contributed by atoms with van der Waals surface area (Å²) in [5, 5.41) is 8.78. The Morgan fingerprint density at radius 3 is 2.45 bits per heavy atom. The molecule has 1 aromatic carbocycles. The molecular formula is C14H17NO5. The molecule has 0 spiro atoms. The summed E-state index contributed by atoms with van der Waals surface area (Å²) in [5.74, 6) is -0.164. The molecule has 2 rings (SSSR count). The molecule has 20 heavy (non-hydrogen) atoms. The molecule has 0 radical (unpaired) electrons. The van der Waals surface area contributed by atoms with E-state index in [2.05, 4.69) is 0 Å². The quantitative estimate of drug-likeness (QED) is 0.862. The fraction of sp³-hybridized carbons (Fsp3) is 0.429. The van der Waals surface area contributed by atoms with Crippen molar-refractivity contribution in [1.29, 1.82) is 0 Å². The maximum absolute atomic E-state index is 12.0. The minimum atomic E-state index is -0.847. The van der Waals surface area contributed by atoms with Gasteiger partial charge in [0.25, 0.3) is 0 Å². The molecule has 1 aliphatic heterocycles. The van der Waals surface area contributed by atoms with Gasteiger partial charge in [-0.25, -0.2) is 0 Å². The maximum Gasteiger partial charge on any atom is 0.310 e. The fourth-order valence-electron chi connectivity index (χ4n) is 2.12. The molecule has 1 aliphatic rings. The van der Waals surface area contributed by atoms with E-state index in [-0.39, 0.29) is 12.3 Å². The number of nitrogens with zero attached hydrogens (tertiary/aromatic N) is 1. The van der Waals surface area contributed by atoms with Gasteiger partial charge >= 0.3 is 5.97 Å². The second-order valence-electron chi connectivity index (χ2n) is 4.70. The van der Waals surface area contributed by atoms with Crippen molar-refractivity contribution in [2.75, 3.05) is 27.3 Å². The van der Waals surface area contributed by atoms with Crippen molar-refractivity contribution in [1.82, 2.24) is 4.90 Å². The van der Waals surface area contributed by atoms with Crippen LogP contribution in [0.4, 0.5) is 0 Å². The SMILES string of the molecule is COc1ccc(CC(=O)N2CC(C(=O)O)C2)cc1OC. The van der Waals surface area contributed by atoms with E-state index < -0.39 is 11.9 Å². The number of hydrogen-bond donors (Lipinski definition) is 1. The van der Waals surface area contributed by atoms with Crippen LogP contribution in [0.5, 0.6) is 11.5 Å². The summed E-state index contributed by atoms with van der Waals surface area (Å²) in [6.07, 6.45) is 0.229. The molecule has 0 bridgehead atoms. The largest absolute Gasteiger partial charge is 0.493 e. The third-order valence-corrected chi connectivity index (χ3v) is 3.39. The molecule has 0 saturated carbocycles. The van der Waals surface area contributed by atoms with Crippen LogP contribution in [-0.2, 0) is 16.0 Å². The van der Waals surface area contributed by atoms with Gasteiger partial charge in [0, 0.05) is 13.1 Å². The van der Waals surface area contributed by atoms with Gasteiger partial charge in [0.1, 0.15) is 0 Å². The molecule has 6 nitrogen and oxygen atoms in total. The van der Waals surface area contributed by atoms with Crippen molar-refractivity contribution in [3.8, 4) is 11.5 Å².